The highest BCUT2D eigenvalue weighted by atomic mass is 32.2. The Labute approximate surface area is 231 Å². The van der Waals surface area contributed by atoms with Crippen molar-refractivity contribution < 1.29 is 17.9 Å². The first-order valence-corrected chi connectivity index (χ1v) is 14.7. The summed E-state index contributed by atoms with van der Waals surface area (Å²) >= 11 is 0. The van der Waals surface area contributed by atoms with E-state index in [0.717, 1.165) is 53.4 Å². The van der Waals surface area contributed by atoms with Crippen molar-refractivity contribution in [1.29, 1.82) is 0 Å². The first-order valence-electron chi connectivity index (χ1n) is 13.2. The van der Waals surface area contributed by atoms with Crippen LogP contribution in [0.15, 0.2) is 131 Å². The highest BCUT2D eigenvalue weighted by molar-refractivity contribution is 7.91. The average molecular weight is 537 g/mol. The fourth-order valence-corrected chi connectivity index (χ4v) is 5.59. The van der Waals surface area contributed by atoms with Crippen molar-refractivity contribution in [3.63, 3.8) is 0 Å². The van der Waals surface area contributed by atoms with Gasteiger partial charge in [0.15, 0.2) is 0 Å². The zero-order valence-corrected chi connectivity index (χ0v) is 23.0. The molecule has 4 aromatic carbocycles. The molecule has 0 saturated carbocycles. The van der Waals surface area contributed by atoms with E-state index in [1.165, 1.54) is 5.56 Å². The molecule has 1 atom stereocenters. The Kier molecular flexibility index (Phi) is 7.99. The number of sulfone groups is 1. The molecule has 0 spiro atoms. The molecular weight excluding hydrogens is 504 g/mol. The maximum absolute atomic E-state index is 12.9. The fraction of sp³-hybridized carbons (Fsp3) is 0.176. The van der Waals surface area contributed by atoms with E-state index in [0.29, 0.717) is 15.7 Å². The van der Waals surface area contributed by atoms with Crippen LogP contribution in [0, 0.1) is 12.8 Å². The first-order chi connectivity index (χ1) is 18.8. The van der Waals surface area contributed by atoms with E-state index in [4.69, 9.17) is 9.47 Å². The van der Waals surface area contributed by atoms with Crippen molar-refractivity contribution in [3.8, 4) is 17.2 Å². The molecule has 0 aromatic heterocycles. The van der Waals surface area contributed by atoms with Crippen molar-refractivity contribution >= 4 is 9.84 Å². The van der Waals surface area contributed by atoms with Crippen LogP contribution in [0.25, 0.3) is 0 Å². The smallest absolute Gasteiger partial charge is 0.206 e. The maximum Gasteiger partial charge on any atom is 0.206 e. The predicted octanol–water partition coefficient (Wildman–Crippen LogP) is 8.26. The molecule has 4 aromatic rings. The molecule has 0 amide bonds. The molecule has 5 heteroatoms. The molecule has 198 valence electrons. The zero-order chi connectivity index (χ0) is 27.2. The normalized spacial score (nSPS) is 15.0. The Balaban J connectivity index is 1.13. The summed E-state index contributed by atoms with van der Waals surface area (Å²) in [6.07, 6.45) is 8.95. The monoisotopic (exact) mass is 536 g/mol. The molecule has 4 nitrogen and oxygen atoms in total. The van der Waals surface area contributed by atoms with Crippen molar-refractivity contribution in [3.05, 3.63) is 138 Å². The standard InChI is InChI=1S/C34H32O4S/c1-25-3-13-29(14-4-25)37-31-17-19-32(20-18-31)38-30-15-9-27(10-16-30)7-8-28-11-23-34(24-12-28)39(35,36)33-21-5-26(2)6-22-33/h3,5-6,9-25H,4,7-8H2,1-2H3/t25-/m1/s1. The number of hydrogen-bond acceptors (Lipinski definition) is 4. The van der Waals surface area contributed by atoms with Gasteiger partial charge in [0.1, 0.15) is 23.0 Å². The Hall–Kier alpha value is -4.09. The molecule has 1 aliphatic rings. The van der Waals surface area contributed by atoms with Gasteiger partial charge in [-0.3, -0.25) is 0 Å². The lowest BCUT2D eigenvalue weighted by atomic mass is 10.0. The van der Waals surface area contributed by atoms with Crippen LogP contribution in [-0.2, 0) is 22.7 Å². The third-order valence-corrected chi connectivity index (χ3v) is 8.55. The van der Waals surface area contributed by atoms with E-state index in [1.54, 1.807) is 24.3 Å². The quantitative estimate of drug-likeness (QED) is 0.216. The second-order valence-corrected chi connectivity index (χ2v) is 11.9. The summed E-state index contributed by atoms with van der Waals surface area (Å²) in [5.41, 5.74) is 3.31. The van der Waals surface area contributed by atoms with Gasteiger partial charge in [-0.2, -0.15) is 0 Å². The Bertz CT molecular complexity index is 1560. The van der Waals surface area contributed by atoms with Crippen LogP contribution in [0.4, 0.5) is 0 Å². The lowest BCUT2D eigenvalue weighted by Gasteiger charge is -2.13. The maximum atomic E-state index is 12.9. The van der Waals surface area contributed by atoms with E-state index < -0.39 is 9.84 Å². The van der Waals surface area contributed by atoms with Crippen LogP contribution >= 0.6 is 0 Å². The first kappa shape index (κ1) is 26.5. The number of allylic oxidation sites excluding steroid dienone is 3. The number of aryl methyl sites for hydroxylation is 3. The van der Waals surface area contributed by atoms with Crippen molar-refractivity contribution in [2.45, 2.75) is 42.9 Å². The molecule has 0 saturated heterocycles. The van der Waals surface area contributed by atoms with Crippen molar-refractivity contribution in [2.75, 3.05) is 0 Å². The number of hydrogen-bond donors (Lipinski definition) is 0. The van der Waals surface area contributed by atoms with E-state index >= 15 is 0 Å². The molecule has 0 bridgehead atoms. The minimum absolute atomic E-state index is 0.314. The third-order valence-electron chi connectivity index (χ3n) is 6.77. The lowest BCUT2D eigenvalue weighted by Crippen LogP contribution is -2.02. The molecule has 0 heterocycles. The molecular formula is C34H32O4S. The number of ether oxygens (including phenoxy) is 2. The van der Waals surface area contributed by atoms with E-state index in [1.807, 2.05) is 73.7 Å². The molecule has 39 heavy (non-hydrogen) atoms. The van der Waals surface area contributed by atoms with Gasteiger partial charge in [-0.15, -0.1) is 0 Å². The van der Waals surface area contributed by atoms with Crippen LogP contribution in [0.1, 0.15) is 30.0 Å². The van der Waals surface area contributed by atoms with Gasteiger partial charge in [0.2, 0.25) is 9.84 Å². The van der Waals surface area contributed by atoms with Gasteiger partial charge in [0, 0.05) is 0 Å². The molecule has 0 radical (unpaired) electrons. The Morgan fingerprint density at radius 3 is 1.64 bits per heavy atom. The molecule has 1 aliphatic carbocycles. The second-order valence-electron chi connectivity index (χ2n) is 9.96. The summed E-state index contributed by atoms with van der Waals surface area (Å²) in [4.78, 5) is 0.630. The Morgan fingerprint density at radius 1 is 0.667 bits per heavy atom. The highest BCUT2D eigenvalue weighted by Crippen LogP contribution is 2.27. The average Bonchev–Trinajstić information content (AvgIpc) is 2.95. The van der Waals surface area contributed by atoms with Gasteiger partial charge in [-0.25, -0.2) is 8.42 Å². The van der Waals surface area contributed by atoms with Crippen LogP contribution in [-0.4, -0.2) is 8.42 Å². The minimum atomic E-state index is -3.51. The van der Waals surface area contributed by atoms with Gasteiger partial charge in [0.25, 0.3) is 0 Å². The molecule has 0 fully saturated rings. The van der Waals surface area contributed by atoms with Crippen LogP contribution in [0.2, 0.25) is 0 Å². The van der Waals surface area contributed by atoms with Gasteiger partial charge >= 0.3 is 0 Å². The van der Waals surface area contributed by atoms with Crippen LogP contribution < -0.4 is 9.47 Å². The van der Waals surface area contributed by atoms with Crippen LogP contribution in [0.5, 0.6) is 17.2 Å². The summed E-state index contributed by atoms with van der Waals surface area (Å²) in [6.45, 7) is 4.12. The van der Waals surface area contributed by atoms with Crippen molar-refractivity contribution in [2.24, 2.45) is 5.92 Å². The zero-order valence-electron chi connectivity index (χ0n) is 22.2. The summed E-state index contributed by atoms with van der Waals surface area (Å²) in [7, 11) is -3.51. The summed E-state index contributed by atoms with van der Waals surface area (Å²) in [6, 6.07) is 29.8. The Morgan fingerprint density at radius 2 is 1.13 bits per heavy atom. The van der Waals surface area contributed by atoms with E-state index in [9.17, 15) is 8.42 Å². The largest absolute Gasteiger partial charge is 0.458 e. The van der Waals surface area contributed by atoms with Crippen LogP contribution in [0.3, 0.4) is 0 Å². The van der Waals surface area contributed by atoms with E-state index in [-0.39, 0.29) is 0 Å². The summed E-state index contributed by atoms with van der Waals surface area (Å²) < 4.78 is 37.7. The third kappa shape index (κ3) is 6.87. The number of rotatable bonds is 9. The summed E-state index contributed by atoms with van der Waals surface area (Å²) in [5, 5.41) is 0. The highest BCUT2D eigenvalue weighted by Gasteiger charge is 2.17. The van der Waals surface area contributed by atoms with Crippen molar-refractivity contribution in [1.82, 2.24) is 0 Å². The fourth-order valence-electron chi connectivity index (χ4n) is 4.33. The second kappa shape index (κ2) is 11.7. The van der Waals surface area contributed by atoms with Gasteiger partial charge in [-0.1, -0.05) is 55.0 Å². The molecule has 0 unspecified atom stereocenters. The van der Waals surface area contributed by atoms with Gasteiger partial charge < -0.3 is 9.47 Å². The van der Waals surface area contributed by atoms with E-state index in [2.05, 4.69) is 31.2 Å². The SMILES string of the molecule is Cc1ccc(S(=O)(=O)c2ccc(CCc3ccc(Oc4ccc(OC5=CC[C@H](C)C=C5)cc4)cc3)cc2)cc1. The predicted molar refractivity (Wildman–Crippen MR) is 155 cm³/mol. The lowest BCUT2D eigenvalue weighted by molar-refractivity contribution is 0.432. The van der Waals surface area contributed by atoms with Gasteiger partial charge in [0.05, 0.1) is 9.79 Å². The van der Waals surface area contributed by atoms with Gasteiger partial charge in [-0.05, 0) is 116 Å². The minimum Gasteiger partial charge on any atom is -0.458 e. The summed E-state index contributed by atoms with van der Waals surface area (Å²) in [5.74, 6) is 3.73. The molecule has 5 rings (SSSR count). The number of benzene rings is 4. The molecule has 0 aliphatic heterocycles. The molecule has 0 N–H and O–H groups in total. The topological polar surface area (TPSA) is 52.6 Å².